The van der Waals surface area contributed by atoms with Crippen LogP contribution in [-0.4, -0.2) is 11.1 Å². The van der Waals surface area contributed by atoms with Gasteiger partial charge in [-0.25, -0.2) is 4.79 Å². The molecule has 0 aliphatic rings. The molecule has 0 bridgehead atoms. The van der Waals surface area contributed by atoms with E-state index in [2.05, 4.69) is 57.0 Å². The predicted molar refractivity (Wildman–Crippen MR) is 66.4 cm³/mol. The van der Waals surface area contributed by atoms with Crippen molar-refractivity contribution >= 4 is 51.2 Å². The van der Waals surface area contributed by atoms with Gasteiger partial charge in [0.1, 0.15) is 0 Å². The third-order valence-corrected chi connectivity index (χ3v) is 4.10. The topological polar surface area (TPSA) is 37.3 Å². The molecule has 1 N–H and O–H groups in total. The maximum atomic E-state index is 10.1. The molecule has 4 heteroatoms. The number of hydrogen-bond donors (Lipinski definition) is 1. The Morgan fingerprint density at radius 2 is 2.00 bits per heavy atom. The molecule has 1 rings (SSSR count). The third kappa shape index (κ3) is 3.52. The SMILES string of the molecule is O=C(O)C#Cc1ccc(I)c(I)c1. The van der Waals surface area contributed by atoms with E-state index in [1.54, 1.807) is 6.07 Å². The van der Waals surface area contributed by atoms with Gasteiger partial charge in [-0.05, 0) is 63.4 Å². The second-order valence-corrected chi connectivity index (χ2v) is 4.51. The lowest BCUT2D eigenvalue weighted by molar-refractivity contribution is -0.130. The van der Waals surface area contributed by atoms with E-state index in [4.69, 9.17) is 5.11 Å². The molecule has 0 fully saturated rings. The minimum Gasteiger partial charge on any atom is -0.472 e. The highest BCUT2D eigenvalue weighted by molar-refractivity contribution is 14.1. The van der Waals surface area contributed by atoms with Gasteiger partial charge in [-0.15, -0.1) is 0 Å². The molecule has 0 unspecified atom stereocenters. The van der Waals surface area contributed by atoms with Crippen molar-refractivity contribution in [2.75, 3.05) is 0 Å². The van der Waals surface area contributed by atoms with Gasteiger partial charge in [0, 0.05) is 18.6 Å². The Kier molecular flexibility index (Phi) is 3.99. The number of halogens is 2. The minimum atomic E-state index is -1.10. The first kappa shape index (κ1) is 10.8. The second-order valence-electron chi connectivity index (χ2n) is 2.18. The monoisotopic (exact) mass is 398 g/mol. The Morgan fingerprint density at radius 3 is 2.54 bits per heavy atom. The van der Waals surface area contributed by atoms with E-state index in [1.165, 1.54) is 0 Å². The number of benzene rings is 1. The molecule has 0 radical (unpaired) electrons. The highest BCUT2D eigenvalue weighted by Gasteiger charge is 1.95. The van der Waals surface area contributed by atoms with Crippen LogP contribution in [0.15, 0.2) is 18.2 Å². The van der Waals surface area contributed by atoms with Crippen LogP contribution in [0, 0.1) is 19.0 Å². The van der Waals surface area contributed by atoms with Crippen molar-refractivity contribution in [1.29, 1.82) is 0 Å². The zero-order valence-electron chi connectivity index (χ0n) is 6.34. The Hall–Kier alpha value is -0.290. The van der Waals surface area contributed by atoms with Crippen LogP contribution >= 0.6 is 45.2 Å². The first-order valence-corrected chi connectivity index (χ1v) is 5.45. The molecular weight excluding hydrogens is 394 g/mol. The molecule has 0 amide bonds. The average molecular weight is 398 g/mol. The number of carbonyl (C=O) groups is 1. The summed E-state index contributed by atoms with van der Waals surface area (Å²) in [6.07, 6.45) is 0. The van der Waals surface area contributed by atoms with Crippen molar-refractivity contribution in [2.24, 2.45) is 0 Å². The smallest absolute Gasteiger partial charge is 0.382 e. The van der Waals surface area contributed by atoms with Crippen LogP contribution in [0.1, 0.15) is 5.56 Å². The fourth-order valence-corrected chi connectivity index (χ4v) is 1.55. The number of hydrogen-bond acceptors (Lipinski definition) is 1. The normalized spacial score (nSPS) is 8.77. The van der Waals surface area contributed by atoms with Gasteiger partial charge in [0.05, 0.1) is 0 Å². The fraction of sp³-hybridized carbons (Fsp3) is 0. The van der Waals surface area contributed by atoms with Gasteiger partial charge in [-0.1, -0.05) is 5.92 Å². The number of aliphatic carboxylic acids is 1. The lowest BCUT2D eigenvalue weighted by Crippen LogP contribution is -1.88. The van der Waals surface area contributed by atoms with E-state index in [1.807, 2.05) is 12.1 Å². The highest BCUT2D eigenvalue weighted by atomic mass is 127. The van der Waals surface area contributed by atoms with Crippen molar-refractivity contribution < 1.29 is 9.90 Å². The van der Waals surface area contributed by atoms with Crippen LogP contribution < -0.4 is 0 Å². The summed E-state index contributed by atoms with van der Waals surface area (Å²) in [6, 6.07) is 5.58. The van der Waals surface area contributed by atoms with Gasteiger partial charge >= 0.3 is 5.97 Å². The van der Waals surface area contributed by atoms with E-state index in [0.717, 1.165) is 12.7 Å². The Labute approximate surface area is 103 Å². The van der Waals surface area contributed by atoms with Crippen molar-refractivity contribution in [1.82, 2.24) is 0 Å². The second kappa shape index (κ2) is 4.81. The van der Waals surface area contributed by atoms with Gasteiger partial charge in [-0.3, -0.25) is 0 Å². The lowest BCUT2D eigenvalue weighted by atomic mass is 10.2. The summed E-state index contributed by atoms with van der Waals surface area (Å²) < 4.78 is 2.22. The van der Waals surface area contributed by atoms with Gasteiger partial charge < -0.3 is 5.11 Å². The molecule has 0 aliphatic heterocycles. The minimum absolute atomic E-state index is 0.729. The molecule has 0 spiro atoms. The molecule has 0 aromatic heterocycles. The van der Waals surface area contributed by atoms with Gasteiger partial charge in [0.25, 0.3) is 0 Å². The van der Waals surface area contributed by atoms with E-state index >= 15 is 0 Å². The van der Waals surface area contributed by atoms with Crippen molar-refractivity contribution in [3.63, 3.8) is 0 Å². The molecule has 1 aromatic carbocycles. The van der Waals surface area contributed by atoms with Crippen LogP contribution in [0.3, 0.4) is 0 Å². The summed E-state index contributed by atoms with van der Waals surface area (Å²) in [6.45, 7) is 0. The lowest BCUT2D eigenvalue weighted by Gasteiger charge is -1.95. The van der Waals surface area contributed by atoms with Crippen molar-refractivity contribution in [3.8, 4) is 11.8 Å². The van der Waals surface area contributed by atoms with Gasteiger partial charge in [0.2, 0.25) is 0 Å². The molecular formula is C9H4I2O2. The Bertz CT molecular complexity index is 402. The fourth-order valence-electron chi connectivity index (χ4n) is 0.700. The summed E-state index contributed by atoms with van der Waals surface area (Å²) in [7, 11) is 0. The van der Waals surface area contributed by atoms with Gasteiger partial charge in [0.15, 0.2) is 0 Å². The predicted octanol–water partition coefficient (Wildman–Crippen LogP) is 2.33. The summed E-state index contributed by atoms with van der Waals surface area (Å²) in [4.78, 5) is 10.1. The molecule has 0 saturated heterocycles. The summed E-state index contributed by atoms with van der Waals surface area (Å²) in [5.41, 5.74) is 0.729. The molecule has 2 nitrogen and oxygen atoms in total. The summed E-state index contributed by atoms with van der Waals surface area (Å²) in [5, 5.41) is 8.32. The maximum absolute atomic E-state index is 10.1. The van der Waals surface area contributed by atoms with E-state index < -0.39 is 5.97 Å². The van der Waals surface area contributed by atoms with Crippen molar-refractivity contribution in [3.05, 3.63) is 30.9 Å². The quantitative estimate of drug-likeness (QED) is 0.539. The van der Waals surface area contributed by atoms with Crippen LogP contribution in [0.2, 0.25) is 0 Å². The van der Waals surface area contributed by atoms with Crippen molar-refractivity contribution in [2.45, 2.75) is 0 Å². The highest BCUT2D eigenvalue weighted by Crippen LogP contribution is 2.15. The Morgan fingerprint density at radius 1 is 1.31 bits per heavy atom. The molecule has 1 aromatic rings. The molecule has 66 valence electrons. The first-order valence-electron chi connectivity index (χ1n) is 3.29. The molecule has 0 aliphatic carbocycles. The largest absolute Gasteiger partial charge is 0.472 e. The van der Waals surface area contributed by atoms with Crippen LogP contribution in [0.4, 0.5) is 0 Å². The Balaban J connectivity index is 3.00. The van der Waals surface area contributed by atoms with Crippen LogP contribution in [-0.2, 0) is 4.79 Å². The van der Waals surface area contributed by atoms with E-state index in [-0.39, 0.29) is 0 Å². The van der Waals surface area contributed by atoms with Crippen LogP contribution in [0.5, 0.6) is 0 Å². The number of carboxylic acid groups (broad SMARTS) is 1. The number of rotatable bonds is 0. The third-order valence-electron chi connectivity index (χ3n) is 1.23. The molecule has 0 saturated carbocycles. The van der Waals surface area contributed by atoms with E-state index in [9.17, 15) is 4.79 Å². The molecule has 13 heavy (non-hydrogen) atoms. The summed E-state index contributed by atoms with van der Waals surface area (Å²) >= 11 is 4.40. The first-order chi connectivity index (χ1) is 6.09. The zero-order chi connectivity index (χ0) is 9.84. The molecule has 0 heterocycles. The number of carboxylic acids is 1. The van der Waals surface area contributed by atoms with Crippen LogP contribution in [0.25, 0.3) is 0 Å². The maximum Gasteiger partial charge on any atom is 0.382 e. The average Bonchev–Trinajstić information content (AvgIpc) is 2.07. The summed E-state index contributed by atoms with van der Waals surface area (Å²) in [5.74, 6) is 3.52. The van der Waals surface area contributed by atoms with E-state index in [0.29, 0.717) is 0 Å². The van der Waals surface area contributed by atoms with Gasteiger partial charge in [-0.2, -0.15) is 0 Å². The zero-order valence-corrected chi connectivity index (χ0v) is 10.7. The standard InChI is InChI=1S/C9H4I2O2/c10-7-3-1-6(5-8(7)11)2-4-9(12)13/h1,3,5H,(H,12,13). The molecule has 0 atom stereocenters.